The van der Waals surface area contributed by atoms with Gasteiger partial charge in [-0.05, 0) is 58.3 Å². The van der Waals surface area contributed by atoms with Gasteiger partial charge in [0.05, 0.1) is 0 Å². The molecule has 172 valence electrons. The van der Waals surface area contributed by atoms with E-state index in [1.54, 1.807) is 0 Å². The summed E-state index contributed by atoms with van der Waals surface area (Å²) in [7, 11) is 0. The van der Waals surface area contributed by atoms with Gasteiger partial charge in [0.15, 0.2) is 5.54 Å². The number of piperidine rings is 2. The highest BCUT2D eigenvalue weighted by Gasteiger charge is 2.52. The van der Waals surface area contributed by atoms with Crippen molar-refractivity contribution in [1.82, 2.24) is 20.0 Å². The molecule has 0 saturated carbocycles. The number of halogens is 3. The summed E-state index contributed by atoms with van der Waals surface area (Å²) < 4.78 is 0. The Bertz CT molecular complexity index is 509. The molecule has 10 heteroatoms. The molecule has 1 unspecified atom stereocenters. The van der Waals surface area contributed by atoms with E-state index in [2.05, 4.69) is 10.2 Å². The van der Waals surface area contributed by atoms with Crippen molar-refractivity contribution in [3.8, 4) is 0 Å². The first-order chi connectivity index (χ1) is 12.6. The molecule has 3 saturated heterocycles. The minimum absolute atomic E-state index is 0. The fourth-order valence-electron chi connectivity index (χ4n) is 4.89. The Kier molecular flexibility index (Phi) is 13.0. The molecule has 3 rings (SSSR count). The van der Waals surface area contributed by atoms with E-state index in [0.717, 1.165) is 58.3 Å². The van der Waals surface area contributed by atoms with Gasteiger partial charge < -0.3 is 15.3 Å². The number of carbonyl (C=O) groups is 2. The van der Waals surface area contributed by atoms with Gasteiger partial charge in [0, 0.05) is 32.2 Å². The van der Waals surface area contributed by atoms with Gasteiger partial charge in [-0.25, -0.2) is 4.79 Å². The van der Waals surface area contributed by atoms with Gasteiger partial charge in [-0.2, -0.15) is 0 Å². The predicted octanol–water partition coefficient (Wildman–Crippen LogP) is 1.87. The van der Waals surface area contributed by atoms with Gasteiger partial charge in [-0.1, -0.05) is 13.3 Å². The standard InChI is InChI=1S/C19H34N4O3.3ClH/c1-2-19(18(25)26,23-10-4-3-5-11-23)17(24)22-14-12-21(13-15-22)16-6-8-20-9-7-16;;;/h16,20H,2-15H2,1H3,(H,25,26);3*1H. The molecule has 2 N–H and O–H groups in total. The molecule has 3 heterocycles. The van der Waals surface area contributed by atoms with E-state index in [1.807, 2.05) is 16.7 Å². The number of hydrogen-bond donors (Lipinski definition) is 2. The average Bonchev–Trinajstić information content (AvgIpc) is 2.70. The van der Waals surface area contributed by atoms with Crippen molar-refractivity contribution >= 4 is 49.1 Å². The monoisotopic (exact) mass is 474 g/mol. The number of nitrogens with zero attached hydrogens (tertiary/aromatic N) is 3. The minimum atomic E-state index is -1.38. The molecule has 7 nitrogen and oxygen atoms in total. The third-order valence-electron chi connectivity index (χ3n) is 6.54. The topological polar surface area (TPSA) is 76.1 Å². The molecule has 0 aromatic carbocycles. The first-order valence-electron chi connectivity index (χ1n) is 10.3. The van der Waals surface area contributed by atoms with Crippen molar-refractivity contribution in [2.24, 2.45) is 0 Å². The van der Waals surface area contributed by atoms with E-state index < -0.39 is 11.5 Å². The zero-order valence-corrected chi connectivity index (χ0v) is 19.8. The second-order valence-corrected chi connectivity index (χ2v) is 7.88. The number of carboxylic acid groups (broad SMARTS) is 1. The molecule has 3 aliphatic rings. The number of carboxylic acids is 1. The summed E-state index contributed by atoms with van der Waals surface area (Å²) >= 11 is 0. The van der Waals surface area contributed by atoms with Crippen LogP contribution in [0.15, 0.2) is 0 Å². The van der Waals surface area contributed by atoms with Crippen LogP contribution < -0.4 is 5.32 Å². The summed E-state index contributed by atoms with van der Waals surface area (Å²) in [6.45, 7) is 8.39. The molecule has 1 atom stereocenters. The number of carbonyl (C=O) groups excluding carboxylic acids is 1. The van der Waals surface area contributed by atoms with Crippen LogP contribution in [0, 0.1) is 0 Å². The van der Waals surface area contributed by atoms with Crippen molar-refractivity contribution in [2.45, 2.75) is 57.0 Å². The maximum Gasteiger partial charge on any atom is 0.333 e. The van der Waals surface area contributed by atoms with Crippen LogP contribution >= 0.6 is 37.2 Å². The predicted molar refractivity (Wildman–Crippen MR) is 122 cm³/mol. The number of likely N-dealkylation sites (tertiary alicyclic amines) is 1. The zero-order chi connectivity index (χ0) is 18.6. The van der Waals surface area contributed by atoms with Crippen molar-refractivity contribution < 1.29 is 14.7 Å². The van der Waals surface area contributed by atoms with Gasteiger partial charge in [-0.15, -0.1) is 37.2 Å². The van der Waals surface area contributed by atoms with Crippen LogP contribution in [0.3, 0.4) is 0 Å². The molecule has 3 aliphatic heterocycles. The third kappa shape index (κ3) is 6.11. The quantitative estimate of drug-likeness (QED) is 0.591. The van der Waals surface area contributed by atoms with E-state index in [-0.39, 0.29) is 43.1 Å². The first-order valence-corrected chi connectivity index (χ1v) is 10.3. The van der Waals surface area contributed by atoms with Crippen LogP contribution in [0.5, 0.6) is 0 Å². The van der Waals surface area contributed by atoms with Gasteiger partial charge in [0.1, 0.15) is 0 Å². The second-order valence-electron chi connectivity index (χ2n) is 7.88. The lowest BCUT2D eigenvalue weighted by Gasteiger charge is -2.46. The SMILES string of the molecule is CCC(C(=O)O)(C(=O)N1CCN(C2CCNCC2)CC1)N1CCCCC1.Cl.Cl.Cl. The molecule has 0 aliphatic carbocycles. The first kappa shape index (κ1) is 28.7. The van der Waals surface area contributed by atoms with E-state index in [0.29, 0.717) is 38.6 Å². The van der Waals surface area contributed by atoms with Crippen LogP contribution in [0.2, 0.25) is 0 Å². The summed E-state index contributed by atoms with van der Waals surface area (Å²) in [5, 5.41) is 13.4. The summed E-state index contributed by atoms with van der Waals surface area (Å²) in [5.41, 5.74) is -1.38. The molecule has 0 aromatic heterocycles. The molecule has 1 amide bonds. The Morgan fingerprint density at radius 3 is 1.97 bits per heavy atom. The van der Waals surface area contributed by atoms with Gasteiger partial charge in [0.25, 0.3) is 5.91 Å². The lowest BCUT2D eigenvalue weighted by atomic mass is 9.89. The average molecular weight is 476 g/mol. The van der Waals surface area contributed by atoms with Crippen molar-refractivity contribution in [2.75, 3.05) is 52.4 Å². The molecule has 0 radical (unpaired) electrons. The van der Waals surface area contributed by atoms with Gasteiger partial charge in [-0.3, -0.25) is 14.6 Å². The molecule has 0 aromatic rings. The Morgan fingerprint density at radius 1 is 0.931 bits per heavy atom. The van der Waals surface area contributed by atoms with Crippen LogP contribution in [0.4, 0.5) is 0 Å². The van der Waals surface area contributed by atoms with Crippen LogP contribution in [0.25, 0.3) is 0 Å². The van der Waals surface area contributed by atoms with Crippen molar-refractivity contribution in [1.29, 1.82) is 0 Å². The maximum atomic E-state index is 13.3. The van der Waals surface area contributed by atoms with Crippen molar-refractivity contribution in [3.63, 3.8) is 0 Å². The fourth-order valence-corrected chi connectivity index (χ4v) is 4.89. The highest BCUT2D eigenvalue weighted by molar-refractivity contribution is 6.06. The highest BCUT2D eigenvalue weighted by Crippen LogP contribution is 2.28. The Hall–Kier alpha value is -0.310. The maximum absolute atomic E-state index is 13.3. The minimum Gasteiger partial charge on any atom is -0.479 e. The molecular formula is C19H37Cl3N4O3. The number of rotatable bonds is 5. The molecular weight excluding hydrogens is 439 g/mol. The molecule has 0 spiro atoms. The second kappa shape index (κ2) is 13.2. The van der Waals surface area contributed by atoms with Crippen LogP contribution in [-0.2, 0) is 9.59 Å². The Balaban J connectivity index is 0.00000261. The van der Waals surface area contributed by atoms with Gasteiger partial charge in [0.2, 0.25) is 0 Å². The summed E-state index contributed by atoms with van der Waals surface area (Å²) in [6, 6.07) is 0.603. The zero-order valence-electron chi connectivity index (χ0n) is 17.3. The van der Waals surface area contributed by atoms with Crippen LogP contribution in [0.1, 0.15) is 45.4 Å². The van der Waals surface area contributed by atoms with Crippen molar-refractivity contribution in [3.05, 3.63) is 0 Å². The lowest BCUT2D eigenvalue weighted by molar-refractivity contribution is -0.166. The summed E-state index contributed by atoms with van der Waals surface area (Å²) in [5.74, 6) is -1.17. The number of aliphatic carboxylic acids is 1. The summed E-state index contributed by atoms with van der Waals surface area (Å²) in [4.78, 5) is 31.8. The smallest absolute Gasteiger partial charge is 0.333 e. The third-order valence-corrected chi connectivity index (χ3v) is 6.54. The van der Waals surface area contributed by atoms with E-state index in [1.165, 1.54) is 0 Å². The highest BCUT2D eigenvalue weighted by atomic mass is 35.5. The lowest BCUT2D eigenvalue weighted by Crippen LogP contribution is -2.67. The van der Waals surface area contributed by atoms with E-state index in [4.69, 9.17) is 0 Å². The number of hydrogen-bond acceptors (Lipinski definition) is 5. The normalized spacial score (nSPS) is 23.7. The number of amides is 1. The Morgan fingerprint density at radius 2 is 1.48 bits per heavy atom. The van der Waals surface area contributed by atoms with E-state index >= 15 is 0 Å². The Labute approximate surface area is 193 Å². The molecule has 3 fully saturated rings. The summed E-state index contributed by atoms with van der Waals surface area (Å²) in [6.07, 6.45) is 5.73. The number of nitrogens with one attached hydrogen (secondary N) is 1. The fraction of sp³-hybridized carbons (Fsp3) is 0.895. The van der Waals surface area contributed by atoms with E-state index in [9.17, 15) is 14.7 Å². The molecule has 29 heavy (non-hydrogen) atoms. The van der Waals surface area contributed by atoms with Gasteiger partial charge >= 0.3 is 5.97 Å². The molecule has 0 bridgehead atoms. The van der Waals surface area contributed by atoms with Crippen LogP contribution in [-0.4, -0.2) is 95.6 Å². The largest absolute Gasteiger partial charge is 0.479 e. The number of piperazine rings is 1.